The molecule has 114 valence electrons. The van der Waals surface area contributed by atoms with Crippen LogP contribution in [0.2, 0.25) is 0 Å². The molecule has 1 aromatic rings. The average molecular weight is 322 g/mol. The summed E-state index contributed by atoms with van der Waals surface area (Å²) in [5.74, 6) is 0.791. The molecular formula is C13H20ClNO4S. The molecule has 0 saturated carbocycles. The Kier molecular flexibility index (Phi) is 6.75. The van der Waals surface area contributed by atoms with Gasteiger partial charge in [0, 0.05) is 19.2 Å². The molecule has 0 bridgehead atoms. The molecule has 0 aliphatic heterocycles. The van der Waals surface area contributed by atoms with Gasteiger partial charge in [0.15, 0.2) is 0 Å². The minimum atomic E-state index is -3.57. The first-order chi connectivity index (χ1) is 9.44. The largest absolute Gasteiger partial charge is 0.494 e. The van der Waals surface area contributed by atoms with Crippen molar-refractivity contribution in [2.75, 3.05) is 20.3 Å². The van der Waals surface area contributed by atoms with Crippen molar-refractivity contribution in [3.63, 3.8) is 0 Å². The van der Waals surface area contributed by atoms with Gasteiger partial charge in [0.1, 0.15) is 5.75 Å². The third kappa shape index (κ3) is 4.63. The first-order valence-corrected chi connectivity index (χ1v) is 8.30. The Hall–Kier alpha value is -0.820. The van der Waals surface area contributed by atoms with Crippen molar-refractivity contribution in [2.24, 2.45) is 0 Å². The summed E-state index contributed by atoms with van der Waals surface area (Å²) >= 11 is 5.82. The fourth-order valence-corrected chi connectivity index (χ4v) is 2.89. The second kappa shape index (κ2) is 7.83. The van der Waals surface area contributed by atoms with E-state index in [1.165, 1.54) is 19.2 Å². The molecule has 0 saturated heterocycles. The second-order valence-electron chi connectivity index (χ2n) is 4.23. The highest BCUT2D eigenvalue weighted by Gasteiger charge is 2.17. The van der Waals surface area contributed by atoms with E-state index in [1.54, 1.807) is 13.0 Å². The predicted octanol–water partition coefficient (Wildman–Crippen LogP) is 2.14. The summed E-state index contributed by atoms with van der Waals surface area (Å²) in [7, 11) is -2.04. The standard InChI is InChI=1S/C13H20ClNO4S/c1-4-19-13-6-5-12(7-11(13)8-14)20(16,17)15-9-10(2)18-3/h5-7,10,15H,4,8-9H2,1-3H3. The van der Waals surface area contributed by atoms with Gasteiger partial charge in [0.05, 0.1) is 23.5 Å². The fourth-order valence-electron chi connectivity index (χ4n) is 1.52. The zero-order chi connectivity index (χ0) is 15.2. The lowest BCUT2D eigenvalue weighted by molar-refractivity contribution is 0.122. The lowest BCUT2D eigenvalue weighted by Gasteiger charge is -2.13. The number of rotatable bonds is 8. The number of sulfonamides is 1. The Morgan fingerprint density at radius 2 is 2.10 bits per heavy atom. The number of methoxy groups -OCH3 is 1. The summed E-state index contributed by atoms with van der Waals surface area (Å²) in [4.78, 5) is 0.167. The van der Waals surface area contributed by atoms with E-state index >= 15 is 0 Å². The number of nitrogens with one attached hydrogen (secondary N) is 1. The van der Waals surface area contributed by atoms with Crippen LogP contribution < -0.4 is 9.46 Å². The molecule has 0 spiro atoms. The van der Waals surface area contributed by atoms with Gasteiger partial charge in [-0.25, -0.2) is 13.1 Å². The molecule has 1 rings (SSSR count). The lowest BCUT2D eigenvalue weighted by Crippen LogP contribution is -2.31. The Bertz CT molecular complexity index is 533. The molecule has 0 fully saturated rings. The van der Waals surface area contributed by atoms with E-state index in [0.29, 0.717) is 17.9 Å². The quantitative estimate of drug-likeness (QED) is 0.745. The smallest absolute Gasteiger partial charge is 0.240 e. The maximum atomic E-state index is 12.1. The number of halogens is 1. The van der Waals surface area contributed by atoms with E-state index in [2.05, 4.69) is 4.72 Å². The van der Waals surface area contributed by atoms with Crippen LogP contribution in [0.4, 0.5) is 0 Å². The predicted molar refractivity (Wildman–Crippen MR) is 78.8 cm³/mol. The summed E-state index contributed by atoms with van der Waals surface area (Å²) < 4.78 is 37.2. The topological polar surface area (TPSA) is 64.6 Å². The van der Waals surface area contributed by atoms with Gasteiger partial charge in [-0.05, 0) is 32.0 Å². The van der Waals surface area contributed by atoms with Crippen LogP contribution in [0.15, 0.2) is 23.1 Å². The number of alkyl halides is 1. The summed E-state index contributed by atoms with van der Waals surface area (Å²) in [6.07, 6.45) is -0.194. The first kappa shape index (κ1) is 17.2. The molecule has 1 aromatic carbocycles. The van der Waals surface area contributed by atoms with Crippen LogP contribution in [0.5, 0.6) is 5.75 Å². The second-order valence-corrected chi connectivity index (χ2v) is 6.27. The van der Waals surface area contributed by atoms with Crippen LogP contribution in [-0.2, 0) is 20.6 Å². The van der Waals surface area contributed by atoms with Crippen molar-refractivity contribution in [3.8, 4) is 5.75 Å². The van der Waals surface area contributed by atoms with Crippen molar-refractivity contribution in [3.05, 3.63) is 23.8 Å². The highest BCUT2D eigenvalue weighted by atomic mass is 35.5. The molecule has 0 amide bonds. The Balaban J connectivity index is 2.95. The number of hydrogen-bond acceptors (Lipinski definition) is 4. The number of benzene rings is 1. The molecule has 0 radical (unpaired) electrons. The minimum Gasteiger partial charge on any atom is -0.494 e. The van der Waals surface area contributed by atoms with Crippen molar-refractivity contribution < 1.29 is 17.9 Å². The van der Waals surface area contributed by atoms with Crippen LogP contribution in [0.3, 0.4) is 0 Å². The monoisotopic (exact) mass is 321 g/mol. The van der Waals surface area contributed by atoms with Gasteiger partial charge < -0.3 is 9.47 Å². The van der Waals surface area contributed by atoms with E-state index < -0.39 is 10.0 Å². The summed E-state index contributed by atoms with van der Waals surface area (Å²) in [6, 6.07) is 4.65. The van der Waals surface area contributed by atoms with Crippen LogP contribution in [-0.4, -0.2) is 34.8 Å². The average Bonchev–Trinajstić information content (AvgIpc) is 2.45. The van der Waals surface area contributed by atoms with Crippen molar-refractivity contribution in [1.82, 2.24) is 4.72 Å². The van der Waals surface area contributed by atoms with E-state index in [0.717, 1.165) is 0 Å². The van der Waals surface area contributed by atoms with Gasteiger partial charge in [-0.15, -0.1) is 11.6 Å². The van der Waals surface area contributed by atoms with Crippen LogP contribution >= 0.6 is 11.6 Å². The molecule has 5 nitrogen and oxygen atoms in total. The number of hydrogen-bond donors (Lipinski definition) is 1. The summed E-state index contributed by atoms with van der Waals surface area (Å²) in [5, 5.41) is 0. The van der Waals surface area contributed by atoms with Crippen LogP contribution in [0, 0.1) is 0 Å². The van der Waals surface area contributed by atoms with Gasteiger partial charge >= 0.3 is 0 Å². The molecule has 20 heavy (non-hydrogen) atoms. The summed E-state index contributed by atoms with van der Waals surface area (Å²) in [5.41, 5.74) is 0.649. The first-order valence-electron chi connectivity index (χ1n) is 6.28. The molecule has 1 atom stereocenters. The molecule has 0 aromatic heterocycles. The Labute approximate surface area is 125 Å². The number of ether oxygens (including phenoxy) is 2. The van der Waals surface area contributed by atoms with Crippen molar-refractivity contribution in [1.29, 1.82) is 0 Å². The van der Waals surface area contributed by atoms with Crippen LogP contribution in [0.25, 0.3) is 0 Å². The minimum absolute atomic E-state index is 0.167. The van der Waals surface area contributed by atoms with E-state index in [4.69, 9.17) is 21.1 Å². The van der Waals surface area contributed by atoms with Gasteiger partial charge in [0.2, 0.25) is 10.0 Å². The van der Waals surface area contributed by atoms with Crippen LogP contribution in [0.1, 0.15) is 19.4 Å². The summed E-state index contributed by atoms with van der Waals surface area (Å²) in [6.45, 7) is 4.35. The van der Waals surface area contributed by atoms with Crippen molar-refractivity contribution >= 4 is 21.6 Å². The van der Waals surface area contributed by atoms with E-state index in [9.17, 15) is 8.42 Å². The van der Waals surface area contributed by atoms with E-state index in [1.807, 2.05) is 6.92 Å². The van der Waals surface area contributed by atoms with Gasteiger partial charge in [-0.2, -0.15) is 0 Å². The third-order valence-electron chi connectivity index (χ3n) is 2.75. The van der Waals surface area contributed by atoms with E-state index in [-0.39, 0.29) is 23.4 Å². The highest BCUT2D eigenvalue weighted by Crippen LogP contribution is 2.24. The highest BCUT2D eigenvalue weighted by molar-refractivity contribution is 7.89. The molecule has 0 aliphatic rings. The third-order valence-corrected chi connectivity index (χ3v) is 4.46. The SMILES string of the molecule is CCOc1ccc(S(=O)(=O)NCC(C)OC)cc1CCl. The Morgan fingerprint density at radius 3 is 2.65 bits per heavy atom. The maximum Gasteiger partial charge on any atom is 0.240 e. The molecular weight excluding hydrogens is 302 g/mol. The molecule has 0 aliphatic carbocycles. The molecule has 7 heteroatoms. The normalized spacial score (nSPS) is 13.2. The van der Waals surface area contributed by atoms with Gasteiger partial charge in [-0.1, -0.05) is 0 Å². The zero-order valence-corrected chi connectivity index (χ0v) is 13.4. The maximum absolute atomic E-state index is 12.1. The van der Waals surface area contributed by atoms with Gasteiger partial charge in [0.25, 0.3) is 0 Å². The lowest BCUT2D eigenvalue weighted by atomic mass is 10.2. The molecule has 1 unspecified atom stereocenters. The molecule has 1 N–H and O–H groups in total. The Morgan fingerprint density at radius 1 is 1.40 bits per heavy atom. The van der Waals surface area contributed by atoms with Crippen molar-refractivity contribution in [2.45, 2.75) is 30.7 Å². The zero-order valence-electron chi connectivity index (χ0n) is 11.8. The van der Waals surface area contributed by atoms with Gasteiger partial charge in [-0.3, -0.25) is 0 Å². The fraction of sp³-hybridized carbons (Fsp3) is 0.538. The molecule has 0 heterocycles.